The zero-order valence-electron chi connectivity index (χ0n) is 15.1. The molecule has 0 spiro atoms. The van der Waals surface area contributed by atoms with E-state index in [0.717, 1.165) is 38.8 Å². The molecule has 1 aliphatic heterocycles. The van der Waals surface area contributed by atoms with Gasteiger partial charge >= 0.3 is 0 Å². The summed E-state index contributed by atoms with van der Waals surface area (Å²) in [6.07, 6.45) is 4.00. The normalized spacial score (nSPS) is 20.4. The first-order chi connectivity index (χ1) is 11.7. The largest absolute Gasteiger partial charge is 0.379 e. The van der Waals surface area contributed by atoms with Crippen molar-refractivity contribution in [2.24, 2.45) is 16.6 Å². The lowest BCUT2D eigenvalue weighted by Gasteiger charge is -2.34. The predicted octanol–water partition coefficient (Wildman–Crippen LogP) is 2.69. The second-order valence-electron chi connectivity index (χ2n) is 6.98. The van der Waals surface area contributed by atoms with Gasteiger partial charge in [-0.05, 0) is 31.2 Å². The van der Waals surface area contributed by atoms with Crippen molar-refractivity contribution in [3.63, 3.8) is 0 Å². The van der Waals surface area contributed by atoms with Crippen LogP contribution in [0.15, 0.2) is 29.3 Å². The van der Waals surface area contributed by atoms with Crippen LogP contribution in [0.3, 0.4) is 0 Å². The van der Waals surface area contributed by atoms with Crippen molar-refractivity contribution in [3.8, 4) is 0 Å². The molecule has 2 fully saturated rings. The molecule has 1 unspecified atom stereocenters. The maximum absolute atomic E-state index is 6.08. The van der Waals surface area contributed by atoms with E-state index < -0.39 is 0 Å². The van der Waals surface area contributed by atoms with E-state index in [0.29, 0.717) is 12.5 Å². The highest BCUT2D eigenvalue weighted by atomic mass is 127. The third-order valence-corrected chi connectivity index (χ3v) is 5.14. The number of hydrogen-bond acceptors (Lipinski definition) is 3. The van der Waals surface area contributed by atoms with Gasteiger partial charge in [-0.15, -0.1) is 24.0 Å². The first-order valence-corrected chi connectivity index (χ1v) is 9.14. The molecule has 3 rings (SSSR count). The number of nitrogens with one attached hydrogen (secondary N) is 1. The molecule has 25 heavy (non-hydrogen) atoms. The molecule has 0 amide bonds. The van der Waals surface area contributed by atoms with Crippen molar-refractivity contribution in [2.75, 3.05) is 39.4 Å². The van der Waals surface area contributed by atoms with Crippen LogP contribution in [0.25, 0.3) is 0 Å². The third kappa shape index (κ3) is 6.11. The van der Waals surface area contributed by atoms with Crippen LogP contribution in [0.1, 0.15) is 36.4 Å². The Bertz CT molecular complexity index is 556. The molecular weight excluding hydrogens is 427 g/mol. The highest BCUT2D eigenvalue weighted by Crippen LogP contribution is 2.25. The molecule has 1 aliphatic carbocycles. The summed E-state index contributed by atoms with van der Waals surface area (Å²) in [6, 6.07) is 8.98. The minimum absolute atomic E-state index is 0. The quantitative estimate of drug-likeness (QED) is 0.391. The Labute approximate surface area is 168 Å². The number of aliphatic imine (C=N–C) groups is 1. The molecule has 1 atom stereocenters. The van der Waals surface area contributed by atoms with Gasteiger partial charge in [0, 0.05) is 19.6 Å². The number of benzene rings is 1. The van der Waals surface area contributed by atoms with Crippen molar-refractivity contribution in [2.45, 2.75) is 32.2 Å². The van der Waals surface area contributed by atoms with Gasteiger partial charge in [-0.3, -0.25) is 9.89 Å². The molecule has 0 bridgehead atoms. The highest BCUT2D eigenvalue weighted by Gasteiger charge is 2.23. The van der Waals surface area contributed by atoms with Crippen molar-refractivity contribution in [3.05, 3.63) is 35.4 Å². The van der Waals surface area contributed by atoms with Gasteiger partial charge in [-0.1, -0.05) is 36.2 Å². The van der Waals surface area contributed by atoms with Gasteiger partial charge in [0.25, 0.3) is 0 Å². The Kier molecular flexibility index (Phi) is 8.45. The first kappa shape index (κ1) is 20.5. The molecule has 6 heteroatoms. The minimum atomic E-state index is 0. The molecule has 2 aliphatic rings. The van der Waals surface area contributed by atoms with E-state index in [9.17, 15) is 0 Å². The van der Waals surface area contributed by atoms with Gasteiger partial charge in [0.2, 0.25) is 0 Å². The van der Waals surface area contributed by atoms with Gasteiger partial charge in [0.1, 0.15) is 0 Å². The predicted molar refractivity (Wildman–Crippen MR) is 114 cm³/mol. The van der Waals surface area contributed by atoms with Crippen LogP contribution in [-0.2, 0) is 4.74 Å². The lowest BCUT2D eigenvalue weighted by molar-refractivity contribution is 0.0179. The van der Waals surface area contributed by atoms with Crippen molar-refractivity contribution >= 4 is 29.9 Å². The zero-order chi connectivity index (χ0) is 16.8. The van der Waals surface area contributed by atoms with Crippen LogP contribution < -0.4 is 11.1 Å². The fraction of sp³-hybridized carbons (Fsp3) is 0.632. The van der Waals surface area contributed by atoms with Crippen molar-refractivity contribution in [1.29, 1.82) is 0 Å². The SMILES string of the molecule is Cc1cccc(C(CN=C(N)NCC2CCC2)N2CCOCC2)c1.I. The fourth-order valence-corrected chi connectivity index (χ4v) is 3.38. The van der Waals surface area contributed by atoms with E-state index in [2.05, 4.69) is 46.4 Å². The summed E-state index contributed by atoms with van der Waals surface area (Å²) >= 11 is 0. The van der Waals surface area contributed by atoms with E-state index in [4.69, 9.17) is 10.5 Å². The van der Waals surface area contributed by atoms with Gasteiger partial charge in [-0.25, -0.2) is 0 Å². The summed E-state index contributed by atoms with van der Waals surface area (Å²) < 4.78 is 5.50. The molecule has 1 saturated carbocycles. The van der Waals surface area contributed by atoms with E-state index >= 15 is 0 Å². The number of halogens is 1. The zero-order valence-corrected chi connectivity index (χ0v) is 17.4. The summed E-state index contributed by atoms with van der Waals surface area (Å²) in [6.45, 7) is 7.27. The monoisotopic (exact) mass is 458 g/mol. The average molecular weight is 458 g/mol. The fourth-order valence-electron chi connectivity index (χ4n) is 3.38. The van der Waals surface area contributed by atoms with Crippen LogP contribution in [-0.4, -0.2) is 50.3 Å². The molecule has 140 valence electrons. The summed E-state index contributed by atoms with van der Waals surface area (Å²) in [7, 11) is 0. The standard InChI is InChI=1S/C19H30N4O.HI/c1-15-4-2-7-17(12-15)18(23-8-10-24-11-9-23)14-22-19(20)21-13-16-5-3-6-16;/h2,4,7,12,16,18H,3,5-6,8-11,13-14H2,1H3,(H3,20,21,22);1H. The Hall–Kier alpha value is -0.860. The summed E-state index contributed by atoms with van der Waals surface area (Å²) in [4.78, 5) is 7.10. The molecule has 1 aromatic rings. The molecular formula is C19H31IN4O. The summed E-state index contributed by atoms with van der Waals surface area (Å²) in [5.74, 6) is 1.36. The topological polar surface area (TPSA) is 62.9 Å². The van der Waals surface area contributed by atoms with Gasteiger partial charge in [0.05, 0.1) is 25.8 Å². The Morgan fingerprint density at radius 3 is 2.76 bits per heavy atom. The van der Waals surface area contributed by atoms with E-state index in [-0.39, 0.29) is 30.0 Å². The van der Waals surface area contributed by atoms with E-state index in [1.54, 1.807) is 0 Å². The smallest absolute Gasteiger partial charge is 0.188 e. The molecule has 3 N–H and O–H groups in total. The molecule has 1 heterocycles. The second-order valence-corrected chi connectivity index (χ2v) is 6.98. The number of aryl methyl sites for hydroxylation is 1. The molecule has 0 aromatic heterocycles. The third-order valence-electron chi connectivity index (χ3n) is 5.14. The first-order valence-electron chi connectivity index (χ1n) is 9.14. The second kappa shape index (κ2) is 10.3. The van der Waals surface area contributed by atoms with E-state index in [1.165, 1.54) is 30.4 Å². The minimum Gasteiger partial charge on any atom is -0.379 e. The highest BCUT2D eigenvalue weighted by molar-refractivity contribution is 14.0. The molecule has 1 saturated heterocycles. The number of nitrogens with zero attached hydrogens (tertiary/aromatic N) is 2. The maximum atomic E-state index is 6.08. The molecule has 0 radical (unpaired) electrons. The Morgan fingerprint density at radius 2 is 2.12 bits per heavy atom. The lowest BCUT2D eigenvalue weighted by Crippen LogP contribution is -2.41. The summed E-state index contributed by atoms with van der Waals surface area (Å²) in [5.41, 5.74) is 8.68. The number of ether oxygens (including phenoxy) is 1. The van der Waals surface area contributed by atoms with Gasteiger partial charge < -0.3 is 15.8 Å². The average Bonchev–Trinajstić information content (AvgIpc) is 2.55. The van der Waals surface area contributed by atoms with Crippen LogP contribution in [0.5, 0.6) is 0 Å². The number of guanidine groups is 1. The number of rotatable bonds is 6. The van der Waals surface area contributed by atoms with Crippen molar-refractivity contribution in [1.82, 2.24) is 10.2 Å². The molecule has 1 aromatic carbocycles. The van der Waals surface area contributed by atoms with E-state index in [1.807, 2.05) is 0 Å². The van der Waals surface area contributed by atoms with Gasteiger partial charge in [0.15, 0.2) is 5.96 Å². The van der Waals surface area contributed by atoms with Crippen molar-refractivity contribution < 1.29 is 4.74 Å². The van der Waals surface area contributed by atoms with Crippen LogP contribution in [0.2, 0.25) is 0 Å². The van der Waals surface area contributed by atoms with Crippen LogP contribution >= 0.6 is 24.0 Å². The van der Waals surface area contributed by atoms with Crippen LogP contribution in [0.4, 0.5) is 0 Å². The number of hydrogen-bond donors (Lipinski definition) is 2. The lowest BCUT2D eigenvalue weighted by atomic mass is 9.85. The Balaban J connectivity index is 0.00000225. The number of morpholine rings is 1. The molecule has 5 nitrogen and oxygen atoms in total. The number of nitrogens with two attached hydrogens (primary N) is 1. The maximum Gasteiger partial charge on any atom is 0.188 e. The van der Waals surface area contributed by atoms with Gasteiger partial charge in [-0.2, -0.15) is 0 Å². The summed E-state index contributed by atoms with van der Waals surface area (Å²) in [5, 5.41) is 3.29. The van der Waals surface area contributed by atoms with Crippen LogP contribution in [0, 0.1) is 12.8 Å². The Morgan fingerprint density at radius 1 is 1.36 bits per heavy atom.